The Kier molecular flexibility index (Phi) is 10.5. The number of alkyl carbamates (subject to hydrolysis) is 1. The summed E-state index contributed by atoms with van der Waals surface area (Å²) in [6.45, 7) is 0.503. The molecule has 40 heavy (non-hydrogen) atoms. The number of unbranched alkanes of at least 4 members (excludes halogenated alkanes) is 1. The molecule has 2 aromatic carbocycles. The largest absolute Gasteiger partial charge is 0.485 e. The van der Waals surface area contributed by atoms with Crippen LogP contribution in [0.5, 0.6) is 5.75 Å². The maximum absolute atomic E-state index is 13.1. The van der Waals surface area contributed by atoms with Crippen LogP contribution in [0.1, 0.15) is 57.3 Å². The minimum Gasteiger partial charge on any atom is -0.485 e. The number of ether oxygens (including phenoxy) is 2. The summed E-state index contributed by atoms with van der Waals surface area (Å²) in [6.07, 6.45) is 1.27. The maximum atomic E-state index is 13.1. The van der Waals surface area contributed by atoms with Crippen molar-refractivity contribution in [2.75, 3.05) is 13.2 Å². The van der Waals surface area contributed by atoms with Crippen molar-refractivity contribution in [1.82, 2.24) is 15.5 Å². The van der Waals surface area contributed by atoms with E-state index in [1.807, 2.05) is 47.8 Å². The van der Waals surface area contributed by atoms with Crippen molar-refractivity contribution in [2.45, 2.75) is 38.3 Å². The topological polar surface area (TPSA) is 147 Å². The smallest absolute Gasteiger partial charge is 0.408 e. The molecule has 0 saturated heterocycles. The van der Waals surface area contributed by atoms with E-state index in [0.29, 0.717) is 43.5 Å². The molecule has 0 fully saturated rings. The predicted octanol–water partition coefficient (Wildman–Crippen LogP) is 4.59. The van der Waals surface area contributed by atoms with E-state index in [1.54, 1.807) is 23.6 Å². The standard InChI is InChI=1S/C29H30N4O6S/c30-14-5-4-8-24(31-29(36)38-17-21-6-2-1-3-7-21)27(35)28-32-26(39-33-28)16-20-9-11-23(12-10-20)37-18-25(34)22-13-15-40-19-22/h1-3,6-7,9-13,15,19,24H,4-5,8,14,16-18,30H2,(H,31,36). The summed E-state index contributed by atoms with van der Waals surface area (Å²) in [5.41, 5.74) is 7.90. The first-order valence-electron chi connectivity index (χ1n) is 12.8. The molecule has 2 heterocycles. The van der Waals surface area contributed by atoms with E-state index >= 15 is 0 Å². The molecule has 4 rings (SSSR count). The molecular formula is C29H30N4O6S. The lowest BCUT2D eigenvalue weighted by Crippen LogP contribution is -2.41. The summed E-state index contributed by atoms with van der Waals surface area (Å²) >= 11 is 1.46. The minimum absolute atomic E-state index is 0.0501. The number of amides is 1. The Balaban J connectivity index is 1.31. The molecule has 0 radical (unpaired) electrons. The number of thiophene rings is 1. The van der Waals surface area contributed by atoms with Gasteiger partial charge in [0.15, 0.2) is 6.61 Å². The number of rotatable bonds is 15. The first kappa shape index (κ1) is 28.7. The van der Waals surface area contributed by atoms with Crippen molar-refractivity contribution in [3.05, 3.63) is 99.8 Å². The molecule has 0 bridgehead atoms. The summed E-state index contributed by atoms with van der Waals surface area (Å²) in [4.78, 5) is 41.9. The number of nitrogens with two attached hydrogens (primary N) is 1. The molecule has 4 aromatic rings. The van der Waals surface area contributed by atoms with E-state index in [9.17, 15) is 14.4 Å². The Labute approximate surface area is 235 Å². The number of aromatic nitrogens is 2. The molecule has 0 spiro atoms. The lowest BCUT2D eigenvalue weighted by molar-refractivity contribution is 0.0895. The number of ketones is 2. The molecule has 1 amide bonds. The third-order valence-corrected chi connectivity index (χ3v) is 6.63. The quantitative estimate of drug-likeness (QED) is 0.157. The summed E-state index contributed by atoms with van der Waals surface area (Å²) in [6, 6.07) is 17.3. The summed E-state index contributed by atoms with van der Waals surface area (Å²) in [5.74, 6) is 0.121. The van der Waals surface area contributed by atoms with Gasteiger partial charge in [0.25, 0.3) is 0 Å². The average Bonchev–Trinajstić information content (AvgIpc) is 3.68. The first-order valence-corrected chi connectivity index (χ1v) is 13.8. The maximum Gasteiger partial charge on any atom is 0.408 e. The summed E-state index contributed by atoms with van der Waals surface area (Å²) in [5, 5.41) is 10.1. The Morgan fingerprint density at radius 3 is 2.52 bits per heavy atom. The highest BCUT2D eigenvalue weighted by Crippen LogP contribution is 2.17. The molecule has 3 N–H and O–H groups in total. The van der Waals surface area contributed by atoms with Crippen LogP contribution in [0.25, 0.3) is 0 Å². The van der Waals surface area contributed by atoms with Gasteiger partial charge in [-0.25, -0.2) is 4.79 Å². The molecule has 2 aromatic heterocycles. The lowest BCUT2D eigenvalue weighted by atomic mass is 10.0. The molecule has 0 aliphatic rings. The fourth-order valence-electron chi connectivity index (χ4n) is 3.78. The van der Waals surface area contributed by atoms with Gasteiger partial charge in [-0.05, 0) is 60.5 Å². The molecule has 208 valence electrons. The number of carbonyl (C=O) groups excluding carboxylic acids is 3. The fraction of sp³-hybridized carbons (Fsp3) is 0.276. The average molecular weight is 563 g/mol. The molecular weight excluding hydrogens is 532 g/mol. The van der Waals surface area contributed by atoms with Gasteiger partial charge in [-0.2, -0.15) is 16.3 Å². The van der Waals surface area contributed by atoms with Crippen molar-refractivity contribution >= 4 is 29.0 Å². The zero-order valence-electron chi connectivity index (χ0n) is 21.8. The van der Waals surface area contributed by atoms with Crippen molar-refractivity contribution in [1.29, 1.82) is 0 Å². The van der Waals surface area contributed by atoms with Crippen LogP contribution in [-0.4, -0.2) is 47.0 Å². The number of hydrogen-bond donors (Lipinski definition) is 2. The van der Waals surface area contributed by atoms with E-state index in [4.69, 9.17) is 19.7 Å². The van der Waals surface area contributed by atoms with Gasteiger partial charge in [0, 0.05) is 10.9 Å². The zero-order valence-corrected chi connectivity index (χ0v) is 22.6. The molecule has 10 nitrogen and oxygen atoms in total. The molecule has 1 unspecified atom stereocenters. The molecule has 0 aliphatic carbocycles. The van der Waals surface area contributed by atoms with Crippen LogP contribution >= 0.6 is 11.3 Å². The van der Waals surface area contributed by atoms with Gasteiger partial charge in [-0.15, -0.1) is 0 Å². The van der Waals surface area contributed by atoms with Crippen molar-refractivity contribution < 1.29 is 28.4 Å². The second kappa shape index (κ2) is 14.7. The highest BCUT2D eigenvalue weighted by atomic mass is 32.1. The van der Waals surface area contributed by atoms with Gasteiger partial charge in [-0.3, -0.25) is 9.59 Å². The van der Waals surface area contributed by atoms with E-state index in [-0.39, 0.29) is 30.7 Å². The molecule has 1 atom stereocenters. The highest BCUT2D eigenvalue weighted by Gasteiger charge is 2.27. The van der Waals surface area contributed by atoms with Crippen molar-refractivity contribution in [3.63, 3.8) is 0 Å². The summed E-state index contributed by atoms with van der Waals surface area (Å²) in [7, 11) is 0. The SMILES string of the molecule is NCCCCC(NC(=O)OCc1ccccc1)C(=O)c1noc(Cc2ccc(OCC(=O)c3ccsc3)cc2)n1. The van der Waals surface area contributed by atoms with Gasteiger partial charge in [0.05, 0.1) is 12.5 Å². The van der Waals surface area contributed by atoms with Crippen LogP contribution in [0.15, 0.2) is 75.9 Å². The van der Waals surface area contributed by atoms with Crippen molar-refractivity contribution in [2.24, 2.45) is 5.73 Å². The summed E-state index contributed by atoms with van der Waals surface area (Å²) < 4.78 is 16.2. The van der Waals surface area contributed by atoms with Crippen LogP contribution in [0.3, 0.4) is 0 Å². The van der Waals surface area contributed by atoms with Gasteiger partial charge in [0.2, 0.25) is 23.3 Å². The Bertz CT molecular complexity index is 1370. The molecule has 0 aliphatic heterocycles. The molecule has 0 saturated carbocycles. The number of benzene rings is 2. The number of nitrogens with zero attached hydrogens (tertiary/aromatic N) is 2. The Hall–Kier alpha value is -4.35. The van der Waals surface area contributed by atoms with Crippen LogP contribution < -0.4 is 15.8 Å². The van der Waals surface area contributed by atoms with Gasteiger partial charge in [-0.1, -0.05) is 47.6 Å². The van der Waals surface area contributed by atoms with Gasteiger partial charge in [0.1, 0.15) is 12.4 Å². The van der Waals surface area contributed by atoms with Crippen molar-refractivity contribution in [3.8, 4) is 5.75 Å². The molecule has 11 heteroatoms. The fourth-order valence-corrected chi connectivity index (χ4v) is 4.45. The Morgan fingerprint density at radius 1 is 1.00 bits per heavy atom. The van der Waals surface area contributed by atoms with E-state index in [1.165, 1.54) is 11.3 Å². The van der Waals surface area contributed by atoms with E-state index in [0.717, 1.165) is 11.1 Å². The van der Waals surface area contributed by atoms with Crippen LogP contribution in [-0.2, 0) is 17.8 Å². The third-order valence-electron chi connectivity index (χ3n) is 5.95. The normalized spacial score (nSPS) is 11.5. The number of hydrogen-bond acceptors (Lipinski definition) is 10. The highest BCUT2D eigenvalue weighted by molar-refractivity contribution is 7.08. The number of carbonyl (C=O) groups is 3. The number of nitrogens with one attached hydrogen (secondary N) is 1. The second-order valence-electron chi connectivity index (χ2n) is 8.96. The van der Waals surface area contributed by atoms with Gasteiger partial charge < -0.3 is 25.0 Å². The van der Waals surface area contributed by atoms with E-state index < -0.39 is 17.9 Å². The second-order valence-corrected chi connectivity index (χ2v) is 9.74. The predicted molar refractivity (Wildman–Crippen MR) is 148 cm³/mol. The van der Waals surface area contributed by atoms with Gasteiger partial charge >= 0.3 is 6.09 Å². The lowest BCUT2D eigenvalue weighted by Gasteiger charge is -2.16. The third kappa shape index (κ3) is 8.58. The van der Waals surface area contributed by atoms with Crippen LogP contribution in [0, 0.1) is 0 Å². The zero-order chi connectivity index (χ0) is 28.2. The van der Waals surface area contributed by atoms with Crippen LogP contribution in [0.2, 0.25) is 0 Å². The van der Waals surface area contributed by atoms with Crippen LogP contribution in [0.4, 0.5) is 4.79 Å². The Morgan fingerprint density at radius 2 is 1.80 bits per heavy atom. The van der Waals surface area contributed by atoms with E-state index in [2.05, 4.69) is 15.5 Å². The minimum atomic E-state index is -0.881. The monoisotopic (exact) mass is 562 g/mol. The first-order chi connectivity index (χ1) is 19.5. The number of Topliss-reactive ketones (excluding diaryl/α,β-unsaturated/α-hetero) is 2.